The van der Waals surface area contributed by atoms with Crippen LogP contribution >= 0.6 is 0 Å². The third-order valence-corrected chi connectivity index (χ3v) is 3.42. The van der Waals surface area contributed by atoms with Gasteiger partial charge in [0, 0.05) is 24.6 Å². The minimum absolute atomic E-state index is 0.00206. The highest BCUT2D eigenvalue weighted by molar-refractivity contribution is 5.94. The van der Waals surface area contributed by atoms with Crippen LogP contribution in [0.2, 0.25) is 0 Å². The van der Waals surface area contributed by atoms with E-state index < -0.39 is 12.6 Å². The maximum absolute atomic E-state index is 12.3. The third-order valence-electron chi connectivity index (χ3n) is 3.42. The second-order valence-electron chi connectivity index (χ2n) is 4.81. The van der Waals surface area contributed by atoms with Crippen LogP contribution in [-0.2, 0) is 0 Å². The van der Waals surface area contributed by atoms with Crippen molar-refractivity contribution in [2.45, 2.75) is 37.9 Å². The van der Waals surface area contributed by atoms with E-state index in [1.165, 1.54) is 0 Å². The van der Waals surface area contributed by atoms with Crippen molar-refractivity contribution in [2.24, 2.45) is 0 Å². The highest BCUT2D eigenvalue weighted by Gasteiger charge is 2.34. The molecule has 1 aliphatic rings. The monoisotopic (exact) mass is 271 g/mol. The molecule has 104 valence electrons. The van der Waals surface area contributed by atoms with Crippen molar-refractivity contribution < 1.29 is 18.0 Å². The molecule has 1 aromatic carbocycles. The molecular formula is C14H16F3NO. The van der Waals surface area contributed by atoms with Gasteiger partial charge in [-0.05, 0) is 31.4 Å². The van der Waals surface area contributed by atoms with Crippen LogP contribution in [0.25, 0.3) is 0 Å². The van der Waals surface area contributed by atoms with Crippen LogP contribution < -0.4 is 0 Å². The van der Waals surface area contributed by atoms with E-state index in [2.05, 4.69) is 0 Å². The highest BCUT2D eigenvalue weighted by atomic mass is 19.4. The van der Waals surface area contributed by atoms with Crippen molar-refractivity contribution in [2.75, 3.05) is 6.54 Å². The molecule has 2 nitrogen and oxygen atoms in total. The molecule has 0 aliphatic carbocycles. The Morgan fingerprint density at radius 3 is 2.58 bits per heavy atom. The Morgan fingerprint density at radius 1 is 1.26 bits per heavy atom. The van der Waals surface area contributed by atoms with E-state index in [0.717, 1.165) is 6.42 Å². The van der Waals surface area contributed by atoms with Gasteiger partial charge in [-0.3, -0.25) is 4.79 Å². The zero-order valence-corrected chi connectivity index (χ0v) is 10.5. The Labute approximate surface area is 110 Å². The number of rotatable bonds is 3. The van der Waals surface area contributed by atoms with Crippen molar-refractivity contribution in [3.63, 3.8) is 0 Å². The Balaban J connectivity index is 2.01. The van der Waals surface area contributed by atoms with Gasteiger partial charge in [0.25, 0.3) is 5.91 Å². The number of carbonyl (C=O) groups is 1. The predicted molar refractivity (Wildman–Crippen MR) is 65.8 cm³/mol. The van der Waals surface area contributed by atoms with E-state index in [1.807, 2.05) is 6.07 Å². The maximum atomic E-state index is 12.3. The fourth-order valence-electron chi connectivity index (χ4n) is 2.48. The molecular weight excluding hydrogens is 255 g/mol. The predicted octanol–water partition coefficient (Wildman–Crippen LogP) is 3.63. The first-order valence-electron chi connectivity index (χ1n) is 6.40. The number of likely N-dealkylation sites (tertiary alicyclic amines) is 1. The lowest BCUT2D eigenvalue weighted by Crippen LogP contribution is -2.36. The quantitative estimate of drug-likeness (QED) is 0.822. The second kappa shape index (κ2) is 5.63. The van der Waals surface area contributed by atoms with Crippen LogP contribution in [0.15, 0.2) is 30.3 Å². The first kappa shape index (κ1) is 13.9. The second-order valence-corrected chi connectivity index (χ2v) is 4.81. The standard InChI is InChI=1S/C14H16F3NO/c15-14(16,17)9-8-12-7-4-10-18(12)13(19)11-5-2-1-3-6-11/h1-3,5-6,12H,4,7-10H2/t12-/m0/s1. The summed E-state index contributed by atoms with van der Waals surface area (Å²) in [6.07, 6.45) is -3.53. The summed E-state index contributed by atoms with van der Waals surface area (Å²) in [5.41, 5.74) is 0.543. The van der Waals surface area contributed by atoms with Crippen LogP contribution in [0.4, 0.5) is 13.2 Å². The summed E-state index contributed by atoms with van der Waals surface area (Å²) in [7, 11) is 0. The molecule has 2 rings (SSSR count). The first-order valence-corrected chi connectivity index (χ1v) is 6.40. The summed E-state index contributed by atoms with van der Waals surface area (Å²) >= 11 is 0. The van der Waals surface area contributed by atoms with E-state index >= 15 is 0 Å². The van der Waals surface area contributed by atoms with Gasteiger partial charge < -0.3 is 4.90 Å². The average Bonchev–Trinajstić information content (AvgIpc) is 2.84. The number of carbonyl (C=O) groups excluding carboxylic acids is 1. The van der Waals surface area contributed by atoms with Gasteiger partial charge in [0.05, 0.1) is 0 Å². The van der Waals surface area contributed by atoms with Crippen molar-refractivity contribution >= 4 is 5.91 Å². The largest absolute Gasteiger partial charge is 0.389 e. The molecule has 0 spiro atoms. The molecule has 1 aromatic rings. The van der Waals surface area contributed by atoms with E-state index in [4.69, 9.17) is 0 Å². The third kappa shape index (κ3) is 3.72. The number of halogens is 3. The van der Waals surface area contributed by atoms with Crippen LogP contribution in [-0.4, -0.2) is 29.6 Å². The smallest absolute Gasteiger partial charge is 0.336 e. The lowest BCUT2D eigenvalue weighted by molar-refractivity contribution is -0.137. The molecule has 1 amide bonds. The van der Waals surface area contributed by atoms with E-state index in [-0.39, 0.29) is 18.4 Å². The molecule has 5 heteroatoms. The zero-order valence-electron chi connectivity index (χ0n) is 10.5. The average molecular weight is 271 g/mol. The molecule has 1 heterocycles. The first-order chi connectivity index (χ1) is 8.97. The molecule has 0 aromatic heterocycles. The normalized spacial score (nSPS) is 19.7. The Bertz CT molecular complexity index is 430. The van der Waals surface area contributed by atoms with Crippen molar-refractivity contribution in [3.8, 4) is 0 Å². The number of hydrogen-bond acceptors (Lipinski definition) is 1. The van der Waals surface area contributed by atoms with Crippen molar-refractivity contribution in [3.05, 3.63) is 35.9 Å². The van der Waals surface area contributed by atoms with E-state index in [1.54, 1.807) is 29.2 Å². The van der Waals surface area contributed by atoms with Gasteiger partial charge in [0.2, 0.25) is 0 Å². The number of alkyl halides is 3. The molecule has 0 radical (unpaired) electrons. The zero-order chi connectivity index (χ0) is 13.9. The summed E-state index contributed by atoms with van der Waals surface area (Å²) in [5.74, 6) is -0.162. The van der Waals surface area contributed by atoms with Crippen LogP contribution in [0.5, 0.6) is 0 Å². The fourth-order valence-corrected chi connectivity index (χ4v) is 2.48. The molecule has 0 bridgehead atoms. The molecule has 0 saturated carbocycles. The van der Waals surface area contributed by atoms with Gasteiger partial charge in [0.1, 0.15) is 0 Å². The van der Waals surface area contributed by atoms with E-state index in [0.29, 0.717) is 18.5 Å². The molecule has 19 heavy (non-hydrogen) atoms. The summed E-state index contributed by atoms with van der Waals surface area (Å²) in [6, 6.07) is 8.43. The molecule has 1 atom stereocenters. The lowest BCUT2D eigenvalue weighted by atomic mass is 10.1. The van der Waals surface area contributed by atoms with Crippen LogP contribution in [0, 0.1) is 0 Å². The summed E-state index contributed by atoms with van der Waals surface area (Å²) in [5, 5.41) is 0. The molecule has 0 N–H and O–H groups in total. The minimum atomic E-state index is -4.15. The van der Waals surface area contributed by atoms with Gasteiger partial charge in [-0.15, -0.1) is 0 Å². The van der Waals surface area contributed by atoms with Gasteiger partial charge >= 0.3 is 6.18 Å². The number of nitrogens with zero attached hydrogens (tertiary/aromatic N) is 1. The maximum Gasteiger partial charge on any atom is 0.389 e. The SMILES string of the molecule is O=C(c1ccccc1)N1CCC[C@H]1CCC(F)(F)F. The fraction of sp³-hybridized carbons (Fsp3) is 0.500. The molecule has 0 unspecified atom stereocenters. The Hall–Kier alpha value is -1.52. The number of hydrogen-bond donors (Lipinski definition) is 0. The molecule has 1 aliphatic heterocycles. The van der Waals surface area contributed by atoms with Crippen LogP contribution in [0.3, 0.4) is 0 Å². The Morgan fingerprint density at radius 2 is 1.95 bits per heavy atom. The highest BCUT2D eigenvalue weighted by Crippen LogP contribution is 2.29. The lowest BCUT2D eigenvalue weighted by Gasteiger charge is -2.25. The van der Waals surface area contributed by atoms with Crippen molar-refractivity contribution in [1.29, 1.82) is 0 Å². The minimum Gasteiger partial charge on any atom is -0.336 e. The summed E-state index contributed by atoms with van der Waals surface area (Å²) in [4.78, 5) is 13.8. The number of benzene rings is 1. The van der Waals surface area contributed by atoms with Gasteiger partial charge in [0.15, 0.2) is 0 Å². The Kier molecular flexibility index (Phi) is 4.12. The van der Waals surface area contributed by atoms with Gasteiger partial charge in [-0.25, -0.2) is 0 Å². The van der Waals surface area contributed by atoms with Crippen LogP contribution in [0.1, 0.15) is 36.0 Å². The molecule has 1 fully saturated rings. The summed E-state index contributed by atoms with van der Waals surface area (Å²) < 4.78 is 36.8. The van der Waals surface area contributed by atoms with Crippen molar-refractivity contribution in [1.82, 2.24) is 4.90 Å². The topological polar surface area (TPSA) is 20.3 Å². The van der Waals surface area contributed by atoms with E-state index in [9.17, 15) is 18.0 Å². The summed E-state index contributed by atoms with van der Waals surface area (Å²) in [6.45, 7) is 0.552. The van der Waals surface area contributed by atoms with Gasteiger partial charge in [-0.2, -0.15) is 13.2 Å². The van der Waals surface area contributed by atoms with Gasteiger partial charge in [-0.1, -0.05) is 18.2 Å². The number of amides is 1. The molecule has 1 saturated heterocycles.